The van der Waals surface area contributed by atoms with E-state index in [4.69, 9.17) is 4.74 Å². The van der Waals surface area contributed by atoms with Crippen LogP contribution in [0, 0.1) is 6.92 Å². The Hall–Kier alpha value is -2.61. The molecule has 0 amide bonds. The normalized spacial score (nSPS) is 11.1. The lowest BCUT2D eigenvalue weighted by molar-refractivity contribution is 0.313. The molecule has 3 heterocycles. The Bertz CT molecular complexity index is 1060. The zero-order chi connectivity index (χ0) is 17.3. The molecular formula is C16H17N3O4S. The largest absolute Gasteiger partial charge is 0.488 e. The van der Waals surface area contributed by atoms with E-state index >= 15 is 0 Å². The minimum absolute atomic E-state index is 0.0116. The summed E-state index contributed by atoms with van der Waals surface area (Å²) >= 11 is 1.36. The zero-order valence-corrected chi connectivity index (χ0v) is 14.2. The zero-order valence-electron chi connectivity index (χ0n) is 13.3. The molecule has 0 radical (unpaired) electrons. The quantitative estimate of drug-likeness (QED) is 0.732. The standard InChI is InChI=1S/C16H17N3O4S/c1-3-4-23-13-7-17-10(6-12(13)20)8-19-15(21)11-5-9(2)24-14(11)18-16(19)22/h5-7H,3-4,8H2,1-2H3,(H,17,20)(H,18,22). The van der Waals surface area contributed by atoms with Crippen LogP contribution in [0.1, 0.15) is 23.9 Å². The van der Waals surface area contributed by atoms with Crippen molar-refractivity contribution in [1.29, 1.82) is 0 Å². The van der Waals surface area contributed by atoms with Crippen molar-refractivity contribution in [2.24, 2.45) is 0 Å². The van der Waals surface area contributed by atoms with E-state index in [1.165, 1.54) is 23.6 Å². The van der Waals surface area contributed by atoms with Gasteiger partial charge in [-0.1, -0.05) is 6.92 Å². The molecule has 0 unspecified atom stereocenters. The second-order valence-electron chi connectivity index (χ2n) is 5.46. The number of hydrogen-bond donors (Lipinski definition) is 2. The van der Waals surface area contributed by atoms with E-state index in [1.54, 1.807) is 6.07 Å². The van der Waals surface area contributed by atoms with Crippen LogP contribution >= 0.6 is 11.3 Å². The molecule has 0 saturated heterocycles. The van der Waals surface area contributed by atoms with Crippen molar-refractivity contribution in [3.63, 3.8) is 0 Å². The number of fused-ring (bicyclic) bond motifs is 1. The van der Waals surface area contributed by atoms with Gasteiger partial charge >= 0.3 is 5.69 Å². The number of aromatic nitrogens is 3. The molecule has 0 bridgehead atoms. The number of aromatic amines is 2. The lowest BCUT2D eigenvalue weighted by Gasteiger charge is -2.07. The first-order valence-electron chi connectivity index (χ1n) is 7.57. The third-order valence-corrected chi connectivity index (χ3v) is 4.49. The molecule has 2 N–H and O–H groups in total. The molecule has 0 fully saturated rings. The summed E-state index contributed by atoms with van der Waals surface area (Å²) in [5.41, 5.74) is -0.691. The molecule has 0 aliphatic heterocycles. The Morgan fingerprint density at radius 2 is 2.04 bits per heavy atom. The molecule has 0 spiro atoms. The Morgan fingerprint density at radius 1 is 1.25 bits per heavy atom. The van der Waals surface area contributed by atoms with Crippen LogP contribution in [0.2, 0.25) is 0 Å². The maximum absolute atomic E-state index is 12.5. The molecule has 8 heteroatoms. The van der Waals surface area contributed by atoms with Crippen LogP contribution in [0.5, 0.6) is 5.75 Å². The highest BCUT2D eigenvalue weighted by atomic mass is 32.1. The maximum atomic E-state index is 12.5. The van der Waals surface area contributed by atoms with Crippen molar-refractivity contribution in [3.05, 3.63) is 60.0 Å². The summed E-state index contributed by atoms with van der Waals surface area (Å²) in [6.07, 6.45) is 2.26. The van der Waals surface area contributed by atoms with E-state index in [1.807, 2.05) is 13.8 Å². The monoisotopic (exact) mass is 347 g/mol. The fraction of sp³-hybridized carbons (Fsp3) is 0.312. The highest BCUT2D eigenvalue weighted by molar-refractivity contribution is 7.18. The number of rotatable bonds is 5. The summed E-state index contributed by atoms with van der Waals surface area (Å²) in [5.74, 6) is 0.228. The highest BCUT2D eigenvalue weighted by Crippen LogP contribution is 2.18. The fourth-order valence-electron chi connectivity index (χ4n) is 2.40. The molecule has 0 saturated carbocycles. The first-order valence-corrected chi connectivity index (χ1v) is 8.39. The number of pyridine rings is 1. The minimum atomic E-state index is -0.499. The smallest absolute Gasteiger partial charge is 0.329 e. The van der Waals surface area contributed by atoms with Gasteiger partial charge in [-0.05, 0) is 19.4 Å². The number of nitrogens with zero attached hydrogens (tertiary/aromatic N) is 1. The molecule has 7 nitrogen and oxygen atoms in total. The van der Waals surface area contributed by atoms with E-state index < -0.39 is 5.69 Å². The molecule has 3 rings (SSSR count). The van der Waals surface area contributed by atoms with Crippen LogP contribution in [0.4, 0.5) is 0 Å². The Morgan fingerprint density at radius 3 is 2.75 bits per heavy atom. The van der Waals surface area contributed by atoms with Gasteiger partial charge in [0.2, 0.25) is 5.43 Å². The van der Waals surface area contributed by atoms with Gasteiger partial charge in [0.1, 0.15) is 4.83 Å². The summed E-state index contributed by atoms with van der Waals surface area (Å²) < 4.78 is 6.40. The molecule has 24 heavy (non-hydrogen) atoms. The lowest BCUT2D eigenvalue weighted by Crippen LogP contribution is -2.35. The molecule has 3 aromatic rings. The van der Waals surface area contributed by atoms with Crippen molar-refractivity contribution in [2.75, 3.05) is 6.61 Å². The van der Waals surface area contributed by atoms with Gasteiger partial charge < -0.3 is 9.72 Å². The van der Waals surface area contributed by atoms with E-state index in [-0.39, 0.29) is 23.3 Å². The number of hydrogen-bond acceptors (Lipinski definition) is 5. The van der Waals surface area contributed by atoms with Gasteiger partial charge in [-0.2, -0.15) is 0 Å². The molecule has 0 aliphatic carbocycles. The van der Waals surface area contributed by atoms with E-state index in [2.05, 4.69) is 9.97 Å². The van der Waals surface area contributed by atoms with E-state index in [9.17, 15) is 14.4 Å². The van der Waals surface area contributed by atoms with Crippen LogP contribution in [-0.4, -0.2) is 21.1 Å². The van der Waals surface area contributed by atoms with Crippen molar-refractivity contribution in [1.82, 2.24) is 14.5 Å². The highest BCUT2D eigenvalue weighted by Gasteiger charge is 2.11. The maximum Gasteiger partial charge on any atom is 0.329 e. The minimum Gasteiger partial charge on any atom is -0.488 e. The van der Waals surface area contributed by atoms with Crippen molar-refractivity contribution in [3.8, 4) is 5.75 Å². The van der Waals surface area contributed by atoms with Gasteiger partial charge in [0.25, 0.3) is 5.56 Å². The van der Waals surface area contributed by atoms with E-state index in [0.29, 0.717) is 22.5 Å². The third-order valence-electron chi connectivity index (χ3n) is 3.52. The number of nitrogens with one attached hydrogen (secondary N) is 2. The predicted octanol–water partition coefficient (Wildman–Crippen LogP) is 1.59. The molecular weight excluding hydrogens is 330 g/mol. The topological polar surface area (TPSA) is 96.9 Å². The summed E-state index contributed by atoms with van der Waals surface area (Å²) in [6, 6.07) is 3.10. The van der Waals surface area contributed by atoms with Crippen LogP contribution < -0.4 is 21.4 Å². The van der Waals surface area contributed by atoms with Gasteiger partial charge in [0, 0.05) is 22.8 Å². The predicted molar refractivity (Wildman–Crippen MR) is 93.4 cm³/mol. The summed E-state index contributed by atoms with van der Waals surface area (Å²) in [4.78, 5) is 43.8. The van der Waals surface area contributed by atoms with Crippen LogP contribution in [0.3, 0.4) is 0 Å². The van der Waals surface area contributed by atoms with Gasteiger partial charge in [-0.3, -0.25) is 19.1 Å². The van der Waals surface area contributed by atoms with Crippen LogP contribution in [-0.2, 0) is 6.54 Å². The number of aryl methyl sites for hydroxylation is 1. The fourth-order valence-corrected chi connectivity index (χ4v) is 3.29. The van der Waals surface area contributed by atoms with E-state index in [0.717, 1.165) is 15.9 Å². The number of ether oxygens (including phenoxy) is 1. The van der Waals surface area contributed by atoms with Crippen LogP contribution in [0.25, 0.3) is 10.2 Å². The number of H-pyrrole nitrogens is 2. The molecule has 0 aromatic carbocycles. The third kappa shape index (κ3) is 3.05. The summed E-state index contributed by atoms with van der Waals surface area (Å²) in [6.45, 7) is 4.26. The Labute approximate surface area is 140 Å². The average molecular weight is 347 g/mol. The lowest BCUT2D eigenvalue weighted by atomic mass is 10.3. The Kier molecular flexibility index (Phi) is 4.39. The van der Waals surface area contributed by atoms with Crippen molar-refractivity contribution >= 4 is 21.6 Å². The Balaban J connectivity index is 1.98. The second kappa shape index (κ2) is 6.48. The van der Waals surface area contributed by atoms with Gasteiger partial charge in [0.05, 0.1) is 18.5 Å². The first-order chi connectivity index (χ1) is 11.5. The van der Waals surface area contributed by atoms with Crippen LogP contribution in [0.15, 0.2) is 32.7 Å². The van der Waals surface area contributed by atoms with Gasteiger partial charge in [-0.15, -0.1) is 11.3 Å². The molecule has 126 valence electrons. The summed E-state index contributed by atoms with van der Waals surface area (Å²) in [5, 5.41) is 0.474. The van der Waals surface area contributed by atoms with Gasteiger partial charge in [-0.25, -0.2) is 4.79 Å². The molecule has 3 aromatic heterocycles. The van der Waals surface area contributed by atoms with Crippen molar-refractivity contribution in [2.45, 2.75) is 26.8 Å². The SMILES string of the molecule is CCCOc1c[nH]c(Cn2c(=O)[nH]c3sc(C)cc3c2=O)cc1=O. The second-order valence-corrected chi connectivity index (χ2v) is 6.71. The van der Waals surface area contributed by atoms with Crippen molar-refractivity contribution < 1.29 is 4.74 Å². The molecule has 0 aliphatic rings. The van der Waals surface area contributed by atoms with Gasteiger partial charge in [0.15, 0.2) is 5.75 Å². The summed E-state index contributed by atoms with van der Waals surface area (Å²) in [7, 11) is 0. The molecule has 0 atom stereocenters. The average Bonchev–Trinajstić information content (AvgIpc) is 2.91. The first kappa shape index (κ1) is 16.3. The number of thiophene rings is 1.